The van der Waals surface area contributed by atoms with Crippen molar-refractivity contribution in [2.45, 2.75) is 38.1 Å². The van der Waals surface area contributed by atoms with E-state index in [2.05, 4.69) is 40.2 Å². The first-order valence-electron chi connectivity index (χ1n) is 7.19. The quantitative estimate of drug-likeness (QED) is 0.862. The van der Waals surface area contributed by atoms with Crippen molar-refractivity contribution in [1.82, 2.24) is 20.0 Å². The average Bonchev–Trinajstić information content (AvgIpc) is 2.97. The predicted octanol–water partition coefficient (Wildman–Crippen LogP) is 1.54. The maximum atomic E-state index is 4.68. The van der Waals surface area contributed by atoms with Gasteiger partial charge in [0.05, 0.1) is 12.2 Å². The fourth-order valence-electron chi connectivity index (χ4n) is 3.45. The number of hydrogen-bond acceptors (Lipinski definition) is 3. The minimum atomic E-state index is 0.588. The molecule has 100 valence electrons. The molecule has 0 spiro atoms. The Bertz CT molecular complexity index is 384. The highest BCUT2D eigenvalue weighted by Gasteiger charge is 2.26. The van der Waals surface area contributed by atoms with E-state index in [0.717, 1.165) is 25.6 Å². The van der Waals surface area contributed by atoms with E-state index in [1.165, 1.54) is 37.1 Å². The Hall–Kier alpha value is -0.870. The minimum absolute atomic E-state index is 0.588. The Labute approximate surface area is 109 Å². The standard InChI is InChI=1S/C14H24N4/c1-11-14(12-3-6-15-7-4-12)9-16-18(11)13-5-8-17(2)10-13/h9,12-13,15H,3-8,10H2,1-2H3. The smallest absolute Gasteiger partial charge is 0.0661 e. The second kappa shape index (κ2) is 5.02. The molecule has 3 heterocycles. The van der Waals surface area contributed by atoms with Crippen molar-refractivity contribution in [2.24, 2.45) is 0 Å². The lowest BCUT2D eigenvalue weighted by atomic mass is 9.91. The van der Waals surface area contributed by atoms with Gasteiger partial charge in [0.2, 0.25) is 0 Å². The molecule has 4 nitrogen and oxygen atoms in total. The molecule has 2 aliphatic heterocycles. The van der Waals surface area contributed by atoms with Gasteiger partial charge in [0, 0.05) is 12.2 Å². The third kappa shape index (κ3) is 2.19. The third-order valence-corrected chi connectivity index (χ3v) is 4.57. The molecule has 0 aromatic carbocycles. The molecule has 18 heavy (non-hydrogen) atoms. The number of likely N-dealkylation sites (N-methyl/N-ethyl adjacent to an activating group) is 1. The number of nitrogens with zero attached hydrogens (tertiary/aromatic N) is 3. The zero-order valence-electron chi connectivity index (χ0n) is 11.5. The summed E-state index contributed by atoms with van der Waals surface area (Å²) in [5.74, 6) is 0.721. The first kappa shape index (κ1) is 12.2. The number of likely N-dealkylation sites (tertiary alicyclic amines) is 1. The molecule has 0 radical (unpaired) electrons. The van der Waals surface area contributed by atoms with Gasteiger partial charge in [0.25, 0.3) is 0 Å². The molecule has 1 aromatic rings. The fraction of sp³-hybridized carbons (Fsp3) is 0.786. The van der Waals surface area contributed by atoms with Crippen LogP contribution in [0.3, 0.4) is 0 Å². The number of nitrogens with one attached hydrogen (secondary N) is 1. The van der Waals surface area contributed by atoms with Crippen LogP contribution in [0.15, 0.2) is 6.20 Å². The molecule has 3 rings (SSSR count). The van der Waals surface area contributed by atoms with Crippen LogP contribution in [0, 0.1) is 6.92 Å². The summed E-state index contributed by atoms with van der Waals surface area (Å²) in [6.07, 6.45) is 5.89. The van der Waals surface area contributed by atoms with Crippen LogP contribution in [-0.2, 0) is 0 Å². The van der Waals surface area contributed by atoms with Gasteiger partial charge in [0.1, 0.15) is 0 Å². The molecule has 0 amide bonds. The van der Waals surface area contributed by atoms with E-state index in [0.29, 0.717) is 6.04 Å². The Balaban J connectivity index is 1.79. The van der Waals surface area contributed by atoms with Crippen LogP contribution in [0.4, 0.5) is 0 Å². The van der Waals surface area contributed by atoms with E-state index in [4.69, 9.17) is 0 Å². The summed E-state index contributed by atoms with van der Waals surface area (Å²) in [5, 5.41) is 8.11. The number of aromatic nitrogens is 2. The Morgan fingerprint density at radius 3 is 2.72 bits per heavy atom. The summed E-state index contributed by atoms with van der Waals surface area (Å²) < 4.78 is 2.28. The van der Waals surface area contributed by atoms with Gasteiger partial charge < -0.3 is 10.2 Å². The largest absolute Gasteiger partial charge is 0.317 e. The lowest BCUT2D eigenvalue weighted by Gasteiger charge is -2.23. The topological polar surface area (TPSA) is 33.1 Å². The third-order valence-electron chi connectivity index (χ3n) is 4.57. The summed E-state index contributed by atoms with van der Waals surface area (Å²) in [7, 11) is 2.20. The summed E-state index contributed by atoms with van der Waals surface area (Å²) in [4.78, 5) is 2.40. The van der Waals surface area contributed by atoms with Crippen molar-refractivity contribution < 1.29 is 0 Å². The second-order valence-electron chi connectivity index (χ2n) is 5.86. The summed E-state index contributed by atoms with van der Waals surface area (Å²) in [6, 6.07) is 0.588. The molecule has 4 heteroatoms. The number of rotatable bonds is 2. The van der Waals surface area contributed by atoms with E-state index in [1.54, 1.807) is 0 Å². The highest BCUT2D eigenvalue weighted by Crippen LogP contribution is 2.30. The van der Waals surface area contributed by atoms with Crippen molar-refractivity contribution in [1.29, 1.82) is 0 Å². The summed E-state index contributed by atoms with van der Waals surface area (Å²) in [6.45, 7) is 6.91. The molecule has 2 saturated heterocycles. The van der Waals surface area contributed by atoms with Crippen LogP contribution in [0.5, 0.6) is 0 Å². The van der Waals surface area contributed by atoms with Gasteiger partial charge in [0.15, 0.2) is 0 Å². The van der Waals surface area contributed by atoms with Crippen LogP contribution in [-0.4, -0.2) is 47.9 Å². The highest BCUT2D eigenvalue weighted by molar-refractivity contribution is 5.22. The predicted molar refractivity (Wildman–Crippen MR) is 73.0 cm³/mol. The number of hydrogen-bond donors (Lipinski definition) is 1. The average molecular weight is 248 g/mol. The minimum Gasteiger partial charge on any atom is -0.317 e. The maximum absolute atomic E-state index is 4.68. The van der Waals surface area contributed by atoms with Crippen LogP contribution in [0.25, 0.3) is 0 Å². The monoisotopic (exact) mass is 248 g/mol. The molecular formula is C14H24N4. The van der Waals surface area contributed by atoms with E-state index < -0.39 is 0 Å². The first-order chi connectivity index (χ1) is 8.75. The first-order valence-corrected chi connectivity index (χ1v) is 7.19. The highest BCUT2D eigenvalue weighted by atomic mass is 15.3. The van der Waals surface area contributed by atoms with Gasteiger partial charge in [-0.1, -0.05) is 0 Å². The maximum Gasteiger partial charge on any atom is 0.0661 e. The Morgan fingerprint density at radius 1 is 1.28 bits per heavy atom. The molecule has 0 saturated carbocycles. The van der Waals surface area contributed by atoms with Gasteiger partial charge in [-0.2, -0.15) is 5.10 Å². The van der Waals surface area contributed by atoms with E-state index >= 15 is 0 Å². The van der Waals surface area contributed by atoms with Gasteiger partial charge in [-0.3, -0.25) is 4.68 Å². The molecule has 2 aliphatic rings. The van der Waals surface area contributed by atoms with Gasteiger partial charge in [-0.05, 0) is 64.3 Å². The van der Waals surface area contributed by atoms with Gasteiger partial charge >= 0.3 is 0 Å². The van der Waals surface area contributed by atoms with Crippen molar-refractivity contribution in [3.05, 3.63) is 17.5 Å². The van der Waals surface area contributed by atoms with Crippen molar-refractivity contribution >= 4 is 0 Å². The zero-order valence-corrected chi connectivity index (χ0v) is 11.5. The van der Waals surface area contributed by atoms with Crippen LogP contribution < -0.4 is 5.32 Å². The summed E-state index contributed by atoms with van der Waals surface area (Å²) >= 11 is 0. The van der Waals surface area contributed by atoms with Crippen molar-refractivity contribution in [3.8, 4) is 0 Å². The SMILES string of the molecule is Cc1c(C2CCNCC2)cnn1C1CCN(C)C1. The molecule has 0 aliphatic carbocycles. The number of piperidine rings is 1. The normalized spacial score (nSPS) is 26.9. The van der Waals surface area contributed by atoms with Crippen molar-refractivity contribution in [2.75, 3.05) is 33.2 Å². The van der Waals surface area contributed by atoms with E-state index in [-0.39, 0.29) is 0 Å². The molecule has 0 bridgehead atoms. The molecule has 1 aromatic heterocycles. The molecule has 2 fully saturated rings. The Kier molecular flexibility index (Phi) is 3.39. The van der Waals surface area contributed by atoms with Crippen LogP contribution in [0.2, 0.25) is 0 Å². The Morgan fingerprint density at radius 2 is 2.06 bits per heavy atom. The lowest BCUT2D eigenvalue weighted by molar-refractivity contribution is 0.379. The molecular weight excluding hydrogens is 224 g/mol. The second-order valence-corrected chi connectivity index (χ2v) is 5.86. The molecule has 1 N–H and O–H groups in total. The summed E-state index contributed by atoms with van der Waals surface area (Å²) in [5.41, 5.74) is 2.90. The van der Waals surface area contributed by atoms with E-state index in [1.807, 2.05) is 0 Å². The fourth-order valence-corrected chi connectivity index (χ4v) is 3.45. The van der Waals surface area contributed by atoms with Crippen LogP contribution >= 0.6 is 0 Å². The lowest BCUT2D eigenvalue weighted by Crippen LogP contribution is -2.27. The van der Waals surface area contributed by atoms with Gasteiger partial charge in [-0.25, -0.2) is 0 Å². The zero-order chi connectivity index (χ0) is 12.5. The van der Waals surface area contributed by atoms with Crippen LogP contribution in [0.1, 0.15) is 42.5 Å². The molecule has 1 atom stereocenters. The van der Waals surface area contributed by atoms with Gasteiger partial charge in [-0.15, -0.1) is 0 Å². The van der Waals surface area contributed by atoms with Crippen molar-refractivity contribution in [3.63, 3.8) is 0 Å². The molecule has 1 unspecified atom stereocenters. The van der Waals surface area contributed by atoms with E-state index in [9.17, 15) is 0 Å².